The molecule has 0 saturated carbocycles. The summed E-state index contributed by atoms with van der Waals surface area (Å²) in [5, 5.41) is 10.4. The quantitative estimate of drug-likeness (QED) is 0.930. The number of benzene rings is 1. The van der Waals surface area contributed by atoms with Crippen molar-refractivity contribution < 1.29 is 14.6 Å². The largest absolute Gasteiger partial charge is 0.484 e. The van der Waals surface area contributed by atoms with Gasteiger partial charge in [-0.25, -0.2) is 0 Å². The molecule has 2 fully saturated rings. The number of aliphatic hydroxyl groups excluding tert-OH is 1. The first kappa shape index (κ1) is 13.7. The molecule has 0 spiro atoms. The molecule has 2 aliphatic rings. The van der Waals surface area contributed by atoms with Gasteiger partial charge in [-0.1, -0.05) is 11.6 Å². The summed E-state index contributed by atoms with van der Waals surface area (Å²) in [5.41, 5.74) is 0. The van der Waals surface area contributed by atoms with Crippen molar-refractivity contribution in [3.8, 4) is 5.75 Å². The summed E-state index contributed by atoms with van der Waals surface area (Å²) in [7, 11) is 0. The molecule has 2 saturated heterocycles. The number of rotatable bonds is 3. The number of hydrogen-bond acceptors (Lipinski definition) is 3. The fourth-order valence-corrected chi connectivity index (χ4v) is 3.43. The molecule has 2 heterocycles. The van der Waals surface area contributed by atoms with Crippen LogP contribution in [0.2, 0.25) is 5.02 Å². The number of carbonyl (C=O) groups is 1. The van der Waals surface area contributed by atoms with Crippen LogP contribution in [0, 0.1) is 0 Å². The minimum atomic E-state index is -0.256. The highest BCUT2D eigenvalue weighted by Gasteiger charge is 2.42. The Bertz CT molecular complexity index is 476. The Hall–Kier alpha value is -1.26. The summed E-state index contributed by atoms with van der Waals surface area (Å²) >= 11 is 5.80. The predicted octanol–water partition coefficient (Wildman–Crippen LogP) is 2.23. The topological polar surface area (TPSA) is 49.8 Å². The molecule has 1 aromatic rings. The molecule has 5 heteroatoms. The van der Waals surface area contributed by atoms with Crippen LogP contribution in [0.1, 0.15) is 25.7 Å². The van der Waals surface area contributed by atoms with Gasteiger partial charge in [0.2, 0.25) is 0 Å². The number of halogens is 1. The zero-order chi connectivity index (χ0) is 14.1. The number of ether oxygens (including phenoxy) is 1. The van der Waals surface area contributed by atoms with E-state index in [1.807, 2.05) is 4.90 Å². The molecule has 0 aromatic heterocycles. The van der Waals surface area contributed by atoms with Crippen LogP contribution in [0.4, 0.5) is 0 Å². The van der Waals surface area contributed by atoms with Crippen LogP contribution in [0.3, 0.4) is 0 Å². The van der Waals surface area contributed by atoms with Crippen LogP contribution in [0.25, 0.3) is 0 Å². The van der Waals surface area contributed by atoms with Crippen molar-refractivity contribution in [3.63, 3.8) is 0 Å². The second kappa shape index (κ2) is 5.62. The molecule has 0 aliphatic carbocycles. The van der Waals surface area contributed by atoms with Crippen molar-refractivity contribution in [2.75, 3.05) is 6.61 Å². The van der Waals surface area contributed by atoms with E-state index >= 15 is 0 Å². The lowest BCUT2D eigenvalue weighted by Gasteiger charge is -2.37. The van der Waals surface area contributed by atoms with Crippen molar-refractivity contribution in [2.24, 2.45) is 0 Å². The van der Waals surface area contributed by atoms with Crippen molar-refractivity contribution in [3.05, 3.63) is 29.3 Å². The summed E-state index contributed by atoms with van der Waals surface area (Å²) < 4.78 is 5.51. The monoisotopic (exact) mass is 295 g/mol. The van der Waals surface area contributed by atoms with Gasteiger partial charge in [0.15, 0.2) is 6.61 Å². The Morgan fingerprint density at radius 2 is 1.85 bits per heavy atom. The Kier molecular flexibility index (Phi) is 3.85. The fraction of sp³-hybridized carbons (Fsp3) is 0.533. The van der Waals surface area contributed by atoms with E-state index in [4.69, 9.17) is 16.3 Å². The standard InChI is InChI=1S/C15H18ClNO3/c16-10-1-5-14(6-2-10)20-9-15(19)17-11-3-4-12(17)8-13(18)7-11/h1-2,5-6,11-13,18H,3-4,7-9H2. The lowest BCUT2D eigenvalue weighted by molar-refractivity contribution is -0.139. The first-order chi connectivity index (χ1) is 9.63. The molecule has 2 unspecified atom stereocenters. The maximum Gasteiger partial charge on any atom is 0.261 e. The van der Waals surface area contributed by atoms with Crippen molar-refractivity contribution in [1.29, 1.82) is 0 Å². The Morgan fingerprint density at radius 3 is 2.45 bits per heavy atom. The van der Waals surface area contributed by atoms with Gasteiger partial charge in [0.05, 0.1) is 6.10 Å². The van der Waals surface area contributed by atoms with E-state index in [1.54, 1.807) is 24.3 Å². The molecule has 2 bridgehead atoms. The molecule has 1 N–H and O–H groups in total. The van der Waals surface area contributed by atoms with Crippen LogP contribution in [-0.4, -0.2) is 40.7 Å². The van der Waals surface area contributed by atoms with Gasteiger partial charge in [0.1, 0.15) is 5.75 Å². The second-order valence-electron chi connectivity index (χ2n) is 5.55. The number of carbonyl (C=O) groups excluding carboxylic acids is 1. The van der Waals surface area contributed by atoms with Gasteiger partial charge in [0.25, 0.3) is 5.91 Å². The highest BCUT2D eigenvalue weighted by atomic mass is 35.5. The van der Waals surface area contributed by atoms with Gasteiger partial charge in [-0.05, 0) is 49.9 Å². The van der Waals surface area contributed by atoms with E-state index in [1.165, 1.54) is 0 Å². The van der Waals surface area contributed by atoms with E-state index in [2.05, 4.69) is 0 Å². The van der Waals surface area contributed by atoms with Crippen molar-refractivity contribution in [1.82, 2.24) is 4.90 Å². The third-order valence-electron chi connectivity index (χ3n) is 4.17. The molecule has 1 amide bonds. The Balaban J connectivity index is 1.58. The number of nitrogens with zero attached hydrogens (tertiary/aromatic N) is 1. The summed E-state index contributed by atoms with van der Waals surface area (Å²) in [4.78, 5) is 14.2. The summed E-state index contributed by atoms with van der Waals surface area (Å²) in [6.07, 6.45) is 3.13. The lowest BCUT2D eigenvalue weighted by Crippen LogP contribution is -2.49. The molecule has 3 rings (SSSR count). The first-order valence-electron chi connectivity index (χ1n) is 7.01. The molecule has 2 atom stereocenters. The molecular weight excluding hydrogens is 278 g/mol. The maximum atomic E-state index is 12.3. The van der Waals surface area contributed by atoms with Crippen molar-refractivity contribution >= 4 is 17.5 Å². The fourth-order valence-electron chi connectivity index (χ4n) is 3.31. The van der Waals surface area contributed by atoms with Crippen LogP contribution >= 0.6 is 11.6 Å². The average molecular weight is 296 g/mol. The minimum absolute atomic E-state index is 0.0133. The number of amides is 1. The first-order valence-corrected chi connectivity index (χ1v) is 7.39. The molecule has 0 radical (unpaired) electrons. The zero-order valence-electron chi connectivity index (χ0n) is 11.2. The van der Waals surface area contributed by atoms with Crippen LogP contribution < -0.4 is 4.74 Å². The van der Waals surface area contributed by atoms with E-state index < -0.39 is 0 Å². The number of fused-ring (bicyclic) bond motifs is 2. The normalized spacial score (nSPS) is 28.5. The summed E-state index contributed by atoms with van der Waals surface area (Å²) in [6.45, 7) is 0.0464. The lowest BCUT2D eigenvalue weighted by atomic mass is 10.00. The molecule has 20 heavy (non-hydrogen) atoms. The molecule has 4 nitrogen and oxygen atoms in total. The van der Waals surface area contributed by atoms with E-state index in [9.17, 15) is 9.90 Å². The van der Waals surface area contributed by atoms with E-state index in [0.717, 1.165) is 12.8 Å². The zero-order valence-corrected chi connectivity index (χ0v) is 11.9. The third kappa shape index (κ3) is 2.76. The average Bonchev–Trinajstić information content (AvgIpc) is 2.70. The SMILES string of the molecule is O=C(COc1ccc(Cl)cc1)N1C2CCC1CC(O)C2. The Morgan fingerprint density at radius 1 is 1.25 bits per heavy atom. The highest BCUT2D eigenvalue weighted by Crippen LogP contribution is 2.35. The number of piperidine rings is 1. The summed E-state index contributed by atoms with van der Waals surface area (Å²) in [5.74, 6) is 0.659. The van der Waals surface area contributed by atoms with Crippen LogP contribution in [-0.2, 0) is 4.79 Å². The van der Waals surface area contributed by atoms with Gasteiger partial charge in [-0.2, -0.15) is 0 Å². The van der Waals surface area contributed by atoms with Gasteiger partial charge in [-0.3, -0.25) is 4.79 Å². The predicted molar refractivity (Wildman–Crippen MR) is 75.8 cm³/mol. The summed E-state index contributed by atoms with van der Waals surface area (Å²) in [6, 6.07) is 7.36. The molecule has 108 valence electrons. The van der Waals surface area contributed by atoms with Crippen LogP contribution in [0.15, 0.2) is 24.3 Å². The third-order valence-corrected chi connectivity index (χ3v) is 4.42. The van der Waals surface area contributed by atoms with Gasteiger partial charge in [-0.15, -0.1) is 0 Å². The van der Waals surface area contributed by atoms with Gasteiger partial charge < -0.3 is 14.7 Å². The smallest absolute Gasteiger partial charge is 0.261 e. The minimum Gasteiger partial charge on any atom is -0.484 e. The Labute approximate surface area is 123 Å². The molecular formula is C15H18ClNO3. The number of aliphatic hydroxyl groups is 1. The van der Waals surface area contributed by atoms with Crippen LogP contribution in [0.5, 0.6) is 5.75 Å². The maximum absolute atomic E-state index is 12.3. The van der Waals surface area contributed by atoms with Gasteiger partial charge >= 0.3 is 0 Å². The van der Waals surface area contributed by atoms with Crippen molar-refractivity contribution in [2.45, 2.75) is 43.9 Å². The molecule has 1 aromatic carbocycles. The second-order valence-corrected chi connectivity index (χ2v) is 5.99. The number of hydrogen-bond donors (Lipinski definition) is 1. The van der Waals surface area contributed by atoms with E-state index in [-0.39, 0.29) is 30.7 Å². The van der Waals surface area contributed by atoms with Gasteiger partial charge in [0, 0.05) is 17.1 Å². The molecule has 2 aliphatic heterocycles. The van der Waals surface area contributed by atoms with E-state index in [0.29, 0.717) is 23.6 Å². The highest BCUT2D eigenvalue weighted by molar-refractivity contribution is 6.30.